The van der Waals surface area contributed by atoms with Crippen LogP contribution in [0, 0.1) is 0 Å². The fourth-order valence-electron chi connectivity index (χ4n) is 1.54. The highest BCUT2D eigenvalue weighted by Gasteiger charge is 2.02. The van der Waals surface area contributed by atoms with Gasteiger partial charge in [0.1, 0.15) is 5.69 Å². The highest BCUT2D eigenvalue weighted by atomic mass is 35.5. The summed E-state index contributed by atoms with van der Waals surface area (Å²) in [5.74, 6) is -0.244. The number of azo groups is 1. The van der Waals surface area contributed by atoms with E-state index in [4.69, 9.17) is 11.6 Å². The Morgan fingerprint density at radius 2 is 1.85 bits per heavy atom. The van der Waals surface area contributed by atoms with Crippen LogP contribution in [0.4, 0.5) is 17.1 Å². The van der Waals surface area contributed by atoms with Crippen LogP contribution in [-0.4, -0.2) is 5.91 Å². The topological polar surface area (TPSA) is 53.8 Å². The van der Waals surface area contributed by atoms with Gasteiger partial charge < -0.3 is 5.32 Å². The number of carbonyl (C=O) groups is 1. The monoisotopic (exact) mass is 287 g/mol. The number of benzene rings is 2. The number of rotatable bonds is 4. The summed E-state index contributed by atoms with van der Waals surface area (Å²) >= 11 is 5.85. The van der Waals surface area contributed by atoms with Crippen LogP contribution >= 0.6 is 11.6 Å². The molecule has 0 saturated heterocycles. The summed E-state index contributed by atoms with van der Waals surface area (Å²) in [5.41, 5.74) is 2.28. The van der Waals surface area contributed by atoms with Crippen molar-refractivity contribution >= 4 is 34.6 Å². The second-order valence-electron chi connectivity index (χ2n) is 4.10. The summed E-state index contributed by atoms with van der Waals surface area (Å²) < 4.78 is 0. The Morgan fingerprint density at radius 1 is 1.15 bits per heavy atom. The first-order valence-electron chi connectivity index (χ1n) is 6.25. The Labute approximate surface area is 122 Å². The van der Waals surface area contributed by atoms with E-state index in [9.17, 15) is 4.79 Å². The zero-order valence-corrected chi connectivity index (χ0v) is 11.8. The number of nitrogens with zero attached hydrogens (tertiary/aromatic N) is 2. The number of carbonyl (C=O) groups excluding carboxylic acids is 1. The zero-order valence-electron chi connectivity index (χ0n) is 11.0. The lowest BCUT2D eigenvalue weighted by atomic mass is 10.2. The second kappa shape index (κ2) is 6.82. The molecule has 0 bridgehead atoms. The summed E-state index contributed by atoms with van der Waals surface area (Å²) in [5, 5.41) is 11.5. The SMILES string of the molecule is CCC(=O)N=Nc1ccccc1Nc1ccc(Cl)cc1. The van der Waals surface area contributed by atoms with Crippen LogP contribution in [0.2, 0.25) is 5.02 Å². The number of para-hydroxylation sites is 1. The quantitative estimate of drug-likeness (QED) is 0.795. The summed E-state index contributed by atoms with van der Waals surface area (Å²) in [6.07, 6.45) is 0.344. The van der Waals surface area contributed by atoms with Crippen molar-refractivity contribution in [2.45, 2.75) is 13.3 Å². The molecule has 0 fully saturated rings. The van der Waals surface area contributed by atoms with Crippen molar-refractivity contribution in [1.82, 2.24) is 0 Å². The Hall–Kier alpha value is -2.20. The van der Waals surface area contributed by atoms with Crippen LogP contribution in [0.25, 0.3) is 0 Å². The normalized spacial score (nSPS) is 10.7. The molecular weight excluding hydrogens is 274 g/mol. The number of hydrogen-bond acceptors (Lipinski definition) is 3. The van der Waals surface area contributed by atoms with Crippen molar-refractivity contribution in [3.05, 3.63) is 53.6 Å². The lowest BCUT2D eigenvalue weighted by molar-refractivity contribution is -0.117. The van der Waals surface area contributed by atoms with Gasteiger partial charge >= 0.3 is 0 Å². The standard InChI is InChI=1S/C15H14ClN3O/c1-2-15(20)19-18-14-6-4-3-5-13(14)17-12-9-7-11(16)8-10-12/h3-10,17H,2H2,1H3. The van der Waals surface area contributed by atoms with Crippen LogP contribution in [-0.2, 0) is 4.79 Å². The Balaban J connectivity index is 2.21. The maximum absolute atomic E-state index is 11.2. The molecule has 1 N–H and O–H groups in total. The third-order valence-corrected chi connectivity index (χ3v) is 2.85. The largest absolute Gasteiger partial charge is 0.354 e. The van der Waals surface area contributed by atoms with Gasteiger partial charge in [-0.3, -0.25) is 4.79 Å². The van der Waals surface area contributed by atoms with E-state index in [2.05, 4.69) is 15.5 Å². The van der Waals surface area contributed by atoms with E-state index in [1.807, 2.05) is 30.3 Å². The Morgan fingerprint density at radius 3 is 2.55 bits per heavy atom. The van der Waals surface area contributed by atoms with Gasteiger partial charge in [0.15, 0.2) is 0 Å². The first-order valence-corrected chi connectivity index (χ1v) is 6.63. The zero-order chi connectivity index (χ0) is 14.4. The molecule has 0 spiro atoms. The van der Waals surface area contributed by atoms with Gasteiger partial charge in [0.25, 0.3) is 5.91 Å². The molecule has 2 aromatic rings. The van der Waals surface area contributed by atoms with Gasteiger partial charge in [-0.25, -0.2) is 0 Å². The molecule has 0 radical (unpaired) electrons. The summed E-state index contributed by atoms with van der Waals surface area (Å²) in [6, 6.07) is 14.7. The summed E-state index contributed by atoms with van der Waals surface area (Å²) in [6.45, 7) is 1.75. The van der Waals surface area contributed by atoms with E-state index in [0.717, 1.165) is 11.4 Å². The van der Waals surface area contributed by atoms with Crippen molar-refractivity contribution < 1.29 is 4.79 Å². The maximum atomic E-state index is 11.2. The molecule has 0 atom stereocenters. The molecule has 2 rings (SSSR count). The summed E-state index contributed by atoms with van der Waals surface area (Å²) in [4.78, 5) is 11.2. The fraction of sp³-hybridized carbons (Fsp3) is 0.133. The molecule has 2 aromatic carbocycles. The molecular formula is C15H14ClN3O. The number of anilines is 2. The van der Waals surface area contributed by atoms with Gasteiger partial charge in [0.05, 0.1) is 5.69 Å². The van der Waals surface area contributed by atoms with Crippen LogP contribution < -0.4 is 5.32 Å². The minimum atomic E-state index is -0.244. The van der Waals surface area contributed by atoms with Gasteiger partial charge in [-0.05, 0) is 36.4 Å². The molecule has 102 valence electrons. The lowest BCUT2D eigenvalue weighted by Gasteiger charge is -2.08. The molecule has 0 aliphatic heterocycles. The molecule has 0 aliphatic rings. The van der Waals surface area contributed by atoms with E-state index in [-0.39, 0.29) is 5.91 Å². The lowest BCUT2D eigenvalue weighted by Crippen LogP contribution is -1.91. The Bertz CT molecular complexity index is 623. The minimum absolute atomic E-state index is 0.244. The second-order valence-corrected chi connectivity index (χ2v) is 4.53. The van der Waals surface area contributed by atoms with Gasteiger partial charge in [0, 0.05) is 17.1 Å². The van der Waals surface area contributed by atoms with Crippen molar-refractivity contribution in [2.24, 2.45) is 10.2 Å². The molecule has 20 heavy (non-hydrogen) atoms. The number of hydrogen-bond donors (Lipinski definition) is 1. The number of halogens is 1. The molecule has 0 unspecified atom stereocenters. The van der Waals surface area contributed by atoms with Gasteiger partial charge in [0.2, 0.25) is 0 Å². The predicted octanol–water partition coefficient (Wildman–Crippen LogP) is 5.10. The molecule has 4 nitrogen and oxygen atoms in total. The smallest absolute Gasteiger partial charge is 0.264 e. The first kappa shape index (κ1) is 14.2. The third kappa shape index (κ3) is 3.90. The maximum Gasteiger partial charge on any atom is 0.264 e. The van der Waals surface area contributed by atoms with Crippen molar-refractivity contribution in [3.63, 3.8) is 0 Å². The number of amides is 1. The molecule has 0 aliphatic carbocycles. The fourth-order valence-corrected chi connectivity index (χ4v) is 1.66. The third-order valence-electron chi connectivity index (χ3n) is 2.60. The van der Waals surface area contributed by atoms with Crippen LogP contribution in [0.15, 0.2) is 58.8 Å². The van der Waals surface area contributed by atoms with Crippen LogP contribution in [0.5, 0.6) is 0 Å². The van der Waals surface area contributed by atoms with E-state index in [1.165, 1.54) is 0 Å². The predicted molar refractivity (Wildman–Crippen MR) is 81.0 cm³/mol. The van der Waals surface area contributed by atoms with Crippen molar-refractivity contribution in [2.75, 3.05) is 5.32 Å². The first-order chi connectivity index (χ1) is 9.69. The average Bonchev–Trinajstić information content (AvgIpc) is 2.48. The van der Waals surface area contributed by atoms with Crippen molar-refractivity contribution in [1.29, 1.82) is 0 Å². The summed E-state index contributed by atoms with van der Waals surface area (Å²) in [7, 11) is 0. The van der Waals surface area contributed by atoms with Gasteiger partial charge in [-0.1, -0.05) is 30.7 Å². The minimum Gasteiger partial charge on any atom is -0.354 e. The highest BCUT2D eigenvalue weighted by Crippen LogP contribution is 2.28. The Kier molecular flexibility index (Phi) is 4.85. The molecule has 0 heterocycles. The van der Waals surface area contributed by atoms with E-state index >= 15 is 0 Å². The van der Waals surface area contributed by atoms with Crippen LogP contribution in [0.1, 0.15) is 13.3 Å². The number of nitrogens with one attached hydrogen (secondary N) is 1. The average molecular weight is 288 g/mol. The molecule has 5 heteroatoms. The molecule has 0 aromatic heterocycles. The molecule has 0 saturated carbocycles. The molecule has 1 amide bonds. The van der Waals surface area contributed by atoms with Crippen molar-refractivity contribution in [3.8, 4) is 0 Å². The van der Waals surface area contributed by atoms with E-state index < -0.39 is 0 Å². The van der Waals surface area contributed by atoms with Crippen LogP contribution in [0.3, 0.4) is 0 Å². The van der Waals surface area contributed by atoms with E-state index in [1.54, 1.807) is 25.1 Å². The van der Waals surface area contributed by atoms with Gasteiger partial charge in [-0.15, -0.1) is 10.2 Å². The van der Waals surface area contributed by atoms with E-state index in [0.29, 0.717) is 17.1 Å². The van der Waals surface area contributed by atoms with Gasteiger partial charge in [-0.2, -0.15) is 0 Å². The highest BCUT2D eigenvalue weighted by molar-refractivity contribution is 6.30.